The van der Waals surface area contributed by atoms with Crippen LogP contribution in [0.5, 0.6) is 0 Å². The van der Waals surface area contributed by atoms with Gasteiger partial charge in [0.15, 0.2) is 0 Å². The monoisotopic (exact) mass is 342 g/mol. The molecule has 0 atom stereocenters. The number of halogens is 1. The number of nitrogen functional groups attached to an aromatic ring is 1. The van der Waals surface area contributed by atoms with Gasteiger partial charge in [0.25, 0.3) is 0 Å². The van der Waals surface area contributed by atoms with Gasteiger partial charge in [0.1, 0.15) is 0 Å². The Balaban J connectivity index is 2.27. The van der Waals surface area contributed by atoms with E-state index in [0.717, 1.165) is 10.2 Å². The molecule has 2 rings (SSSR count). The Morgan fingerprint density at radius 1 is 1.11 bits per heavy atom. The molecule has 0 amide bonds. The van der Waals surface area contributed by atoms with Crippen LogP contribution in [-0.4, -0.2) is 13.9 Å². The van der Waals surface area contributed by atoms with Crippen LogP contribution in [0.25, 0.3) is 0 Å². The molecular formula is C15H17FNSSe+. The molecule has 0 fully saturated rings. The van der Waals surface area contributed by atoms with E-state index >= 15 is 0 Å². The van der Waals surface area contributed by atoms with Crippen LogP contribution in [0.3, 0.4) is 0 Å². The molecule has 19 heavy (non-hydrogen) atoms. The van der Waals surface area contributed by atoms with Gasteiger partial charge < -0.3 is 0 Å². The summed E-state index contributed by atoms with van der Waals surface area (Å²) in [5.74, 6) is 4.37. The second-order valence-electron chi connectivity index (χ2n) is 4.52. The van der Waals surface area contributed by atoms with E-state index in [2.05, 4.69) is 29.8 Å². The summed E-state index contributed by atoms with van der Waals surface area (Å²) in [7, 11) is 0. The van der Waals surface area contributed by atoms with Crippen molar-refractivity contribution in [1.29, 1.82) is 0 Å². The zero-order valence-electron chi connectivity index (χ0n) is 11.0. The molecule has 0 unspecified atom stereocenters. The first kappa shape index (κ1) is 14.4. The van der Waals surface area contributed by atoms with Gasteiger partial charge in [-0.2, -0.15) is 0 Å². The molecule has 0 aliphatic rings. The van der Waals surface area contributed by atoms with E-state index in [1.165, 1.54) is 22.6 Å². The molecule has 0 spiro atoms. The Labute approximate surface area is 122 Å². The van der Waals surface area contributed by atoms with E-state index < -0.39 is 13.9 Å². The Morgan fingerprint density at radius 3 is 2.53 bits per heavy atom. The fourth-order valence-electron chi connectivity index (χ4n) is 1.76. The van der Waals surface area contributed by atoms with Crippen molar-refractivity contribution < 1.29 is 4.39 Å². The van der Waals surface area contributed by atoms with Crippen molar-refractivity contribution in [2.24, 2.45) is 0 Å². The molecule has 2 aromatic rings. The van der Waals surface area contributed by atoms with E-state index in [-0.39, 0.29) is 5.82 Å². The first-order chi connectivity index (χ1) is 9.06. The van der Waals surface area contributed by atoms with Crippen molar-refractivity contribution >= 4 is 31.4 Å². The van der Waals surface area contributed by atoms with Crippen LogP contribution in [0.15, 0.2) is 52.3 Å². The number of rotatable bonds is 4. The first-order valence-electron chi connectivity index (χ1n) is 5.91. The van der Waals surface area contributed by atoms with Crippen molar-refractivity contribution in [3.05, 3.63) is 53.8 Å². The third-order valence-corrected chi connectivity index (χ3v) is 5.68. The Kier molecular flexibility index (Phi) is 4.92. The molecular weight excluding hydrogens is 324 g/mol. The summed E-state index contributed by atoms with van der Waals surface area (Å²) in [5, 5.41) is 1.16. The minimum absolute atomic E-state index is 0.288. The summed E-state index contributed by atoms with van der Waals surface area (Å²) in [4.78, 5) is 2.14. The minimum atomic E-state index is -0.532. The number of benzene rings is 2. The van der Waals surface area contributed by atoms with E-state index in [1.807, 2.05) is 6.07 Å². The van der Waals surface area contributed by atoms with Gasteiger partial charge in [-0.05, 0) is 0 Å². The number of anilines is 1. The van der Waals surface area contributed by atoms with Gasteiger partial charge in [-0.15, -0.1) is 0 Å². The zero-order chi connectivity index (χ0) is 13.8. The molecule has 0 saturated carbocycles. The van der Waals surface area contributed by atoms with Crippen LogP contribution >= 0.6 is 11.8 Å². The first-order valence-corrected chi connectivity index (χ1v) is 11.4. The van der Waals surface area contributed by atoms with Crippen LogP contribution in [0.4, 0.5) is 10.1 Å². The molecule has 1 nitrogen and oxygen atoms in total. The average molecular weight is 341 g/mol. The maximum atomic E-state index is 13.1. The van der Waals surface area contributed by atoms with Crippen molar-refractivity contribution in [2.45, 2.75) is 26.8 Å². The normalized spacial score (nSPS) is 10.9. The summed E-state index contributed by atoms with van der Waals surface area (Å²) < 4.78 is 13.1. The van der Waals surface area contributed by atoms with Crippen LogP contribution in [-0.2, 0) is 5.32 Å². The summed E-state index contributed by atoms with van der Waals surface area (Å²) in [6, 6.07) is 13.0. The van der Waals surface area contributed by atoms with Crippen LogP contribution in [0, 0.1) is 5.82 Å². The molecule has 0 aliphatic carbocycles. The van der Waals surface area contributed by atoms with Crippen LogP contribution < -0.4 is 5.73 Å². The second kappa shape index (κ2) is 6.47. The van der Waals surface area contributed by atoms with E-state index in [1.54, 1.807) is 17.8 Å². The van der Waals surface area contributed by atoms with Crippen molar-refractivity contribution in [3.8, 4) is 0 Å². The third-order valence-electron chi connectivity index (χ3n) is 2.61. The molecule has 0 aromatic heterocycles. The SMILES string of the molecule is C[Se+](C)Cc1ccccc1Sc1ccc(F)cc1N. The third kappa shape index (κ3) is 4.00. The Bertz CT molecular complexity index is 572. The molecule has 0 heterocycles. The fraction of sp³-hybridized carbons (Fsp3) is 0.200. The summed E-state index contributed by atoms with van der Waals surface area (Å²) in [6.07, 6.45) is 0. The number of hydrogen-bond donors (Lipinski definition) is 1. The average Bonchev–Trinajstić information content (AvgIpc) is 2.34. The molecule has 2 aromatic carbocycles. The van der Waals surface area contributed by atoms with Gasteiger partial charge in [-0.3, -0.25) is 0 Å². The Morgan fingerprint density at radius 2 is 1.84 bits per heavy atom. The van der Waals surface area contributed by atoms with Crippen molar-refractivity contribution in [2.75, 3.05) is 5.73 Å². The second-order valence-corrected chi connectivity index (χ2v) is 10.3. The predicted molar refractivity (Wildman–Crippen MR) is 82.6 cm³/mol. The molecule has 2 N–H and O–H groups in total. The van der Waals surface area contributed by atoms with Crippen molar-refractivity contribution in [1.82, 2.24) is 0 Å². The van der Waals surface area contributed by atoms with Gasteiger partial charge >= 0.3 is 122 Å². The van der Waals surface area contributed by atoms with E-state index in [4.69, 9.17) is 5.73 Å². The number of hydrogen-bond acceptors (Lipinski definition) is 2. The summed E-state index contributed by atoms with van der Waals surface area (Å²) in [5.41, 5.74) is 7.73. The van der Waals surface area contributed by atoms with Gasteiger partial charge in [-0.25, -0.2) is 0 Å². The standard InChI is InChI=1S/C15H17FNSSe/c1-19(2)10-11-5-3-4-6-14(11)18-15-8-7-12(16)9-13(15)17/h3-9H,10,17H2,1-2H3/q+1. The Hall–Kier alpha value is -0.961. The van der Waals surface area contributed by atoms with Gasteiger partial charge in [-0.1, -0.05) is 0 Å². The molecule has 4 heteroatoms. The van der Waals surface area contributed by atoms with Crippen LogP contribution in [0.1, 0.15) is 5.56 Å². The van der Waals surface area contributed by atoms with Gasteiger partial charge in [0.05, 0.1) is 0 Å². The molecule has 0 saturated heterocycles. The van der Waals surface area contributed by atoms with E-state index in [9.17, 15) is 4.39 Å². The zero-order valence-corrected chi connectivity index (χ0v) is 13.5. The summed E-state index contributed by atoms with van der Waals surface area (Å²) in [6.45, 7) is 0. The predicted octanol–water partition coefficient (Wildman–Crippen LogP) is 4.40. The molecule has 0 radical (unpaired) electrons. The molecule has 0 bridgehead atoms. The topological polar surface area (TPSA) is 26.0 Å². The van der Waals surface area contributed by atoms with Gasteiger partial charge in [0.2, 0.25) is 0 Å². The van der Waals surface area contributed by atoms with Crippen molar-refractivity contribution in [3.63, 3.8) is 0 Å². The number of nitrogens with two attached hydrogens (primary N) is 1. The fourth-order valence-corrected chi connectivity index (χ4v) is 4.77. The quantitative estimate of drug-likeness (QED) is 0.659. The maximum absolute atomic E-state index is 13.1. The van der Waals surface area contributed by atoms with Crippen LogP contribution in [0.2, 0.25) is 11.6 Å². The van der Waals surface area contributed by atoms with Gasteiger partial charge in [0, 0.05) is 0 Å². The summed E-state index contributed by atoms with van der Waals surface area (Å²) >= 11 is 1.09. The molecule has 0 aliphatic heterocycles. The van der Waals surface area contributed by atoms with E-state index in [0.29, 0.717) is 5.69 Å². The molecule has 100 valence electrons.